The van der Waals surface area contributed by atoms with Crippen LogP contribution in [-0.4, -0.2) is 25.2 Å². The van der Waals surface area contributed by atoms with Gasteiger partial charge in [-0.3, -0.25) is 5.43 Å². The number of nitrogens with zero attached hydrogens (tertiary/aromatic N) is 1. The smallest absolute Gasteiger partial charge is 0.163 e. The number of ether oxygens (including phenoxy) is 2. The van der Waals surface area contributed by atoms with Gasteiger partial charge < -0.3 is 9.47 Å². The average Bonchev–Trinajstić information content (AvgIpc) is 2.38. The van der Waals surface area contributed by atoms with Gasteiger partial charge in [-0.05, 0) is 49.8 Å². The van der Waals surface area contributed by atoms with Gasteiger partial charge in [0.15, 0.2) is 5.79 Å². The number of nitrogens with one attached hydrogen (secondary N) is 1. The van der Waals surface area contributed by atoms with E-state index in [0.29, 0.717) is 13.2 Å². The van der Waals surface area contributed by atoms with Crippen molar-refractivity contribution < 1.29 is 13.9 Å². The number of halogens is 1. The van der Waals surface area contributed by atoms with E-state index < -0.39 is 5.79 Å². The Kier molecular flexibility index (Phi) is 4.29. The van der Waals surface area contributed by atoms with Crippen molar-refractivity contribution in [2.75, 3.05) is 18.6 Å². The number of allylic oxidation sites excluding steroid dienone is 1. The molecule has 0 radical (unpaired) electrons. The van der Waals surface area contributed by atoms with Crippen LogP contribution in [0.3, 0.4) is 0 Å². The van der Waals surface area contributed by atoms with Crippen LogP contribution in [0.25, 0.3) is 0 Å². The minimum atomic E-state index is -0.513. The fourth-order valence-corrected chi connectivity index (χ4v) is 1.49. The maximum atomic E-state index is 12.7. The molecule has 0 unspecified atom stereocenters. The summed E-state index contributed by atoms with van der Waals surface area (Å²) in [6.07, 6.45) is 3.47. The third-order valence-corrected chi connectivity index (χ3v) is 2.63. The fraction of sp³-hybridized carbons (Fsp3) is 0.357. The lowest BCUT2D eigenvalue weighted by molar-refractivity contribution is -0.225. The summed E-state index contributed by atoms with van der Waals surface area (Å²) in [5.41, 5.74) is 4.55. The van der Waals surface area contributed by atoms with Crippen molar-refractivity contribution in [3.05, 3.63) is 41.7 Å². The molecule has 0 amide bonds. The van der Waals surface area contributed by atoms with E-state index in [1.807, 2.05) is 19.9 Å². The van der Waals surface area contributed by atoms with E-state index in [9.17, 15) is 4.39 Å². The lowest BCUT2D eigenvalue weighted by Crippen LogP contribution is -2.35. The van der Waals surface area contributed by atoms with Gasteiger partial charge in [0, 0.05) is 6.21 Å². The van der Waals surface area contributed by atoms with Crippen LogP contribution in [-0.2, 0) is 9.47 Å². The topological polar surface area (TPSA) is 42.8 Å². The van der Waals surface area contributed by atoms with Crippen LogP contribution in [0.5, 0.6) is 0 Å². The summed E-state index contributed by atoms with van der Waals surface area (Å²) < 4.78 is 23.7. The minimum absolute atomic E-state index is 0.268. The SMILES string of the molecule is CC1(C)OCC(=CC=NNc2ccc(F)cc2)CO1. The Morgan fingerprint density at radius 3 is 2.47 bits per heavy atom. The monoisotopic (exact) mass is 264 g/mol. The van der Waals surface area contributed by atoms with Gasteiger partial charge in [0.1, 0.15) is 5.82 Å². The van der Waals surface area contributed by atoms with Crippen LogP contribution in [0.15, 0.2) is 41.0 Å². The van der Waals surface area contributed by atoms with Gasteiger partial charge in [-0.25, -0.2) is 4.39 Å². The summed E-state index contributed by atoms with van der Waals surface area (Å²) in [7, 11) is 0. The van der Waals surface area contributed by atoms with Crippen molar-refractivity contribution in [2.45, 2.75) is 19.6 Å². The number of rotatable bonds is 3. The predicted molar refractivity (Wildman–Crippen MR) is 72.6 cm³/mol. The Hall–Kier alpha value is -1.72. The second-order valence-corrected chi connectivity index (χ2v) is 4.70. The fourth-order valence-electron chi connectivity index (χ4n) is 1.49. The summed E-state index contributed by atoms with van der Waals surface area (Å²) in [4.78, 5) is 0. The predicted octanol–water partition coefficient (Wildman–Crippen LogP) is 2.93. The highest BCUT2D eigenvalue weighted by atomic mass is 19.1. The number of hydrogen-bond acceptors (Lipinski definition) is 4. The van der Waals surface area contributed by atoms with Crippen molar-refractivity contribution in [3.8, 4) is 0 Å². The van der Waals surface area contributed by atoms with Crippen LogP contribution in [0.1, 0.15) is 13.8 Å². The molecule has 1 aliphatic rings. The summed E-state index contributed by atoms with van der Waals surface area (Å²) in [6.45, 7) is 4.84. The molecule has 1 aliphatic heterocycles. The lowest BCUT2D eigenvalue weighted by Gasteiger charge is -2.31. The Bertz CT molecular complexity index is 469. The molecule has 0 saturated carbocycles. The molecule has 1 saturated heterocycles. The van der Waals surface area contributed by atoms with Gasteiger partial charge in [-0.15, -0.1) is 0 Å². The van der Waals surface area contributed by atoms with E-state index in [2.05, 4.69) is 10.5 Å². The standard InChI is InChI=1S/C14H17FN2O2/c1-14(2)18-9-11(10-19-14)7-8-16-17-13-5-3-12(15)4-6-13/h3-8,17H,9-10H2,1-2H3. The van der Waals surface area contributed by atoms with E-state index in [4.69, 9.17) is 9.47 Å². The number of hydrogen-bond donors (Lipinski definition) is 1. The van der Waals surface area contributed by atoms with Gasteiger partial charge in [-0.2, -0.15) is 5.10 Å². The summed E-state index contributed by atoms with van der Waals surface area (Å²) in [6, 6.07) is 5.99. The molecule has 0 spiro atoms. The zero-order valence-corrected chi connectivity index (χ0v) is 11.0. The molecule has 2 rings (SSSR count). The number of benzene rings is 1. The first-order chi connectivity index (χ1) is 9.05. The second-order valence-electron chi connectivity index (χ2n) is 4.70. The zero-order valence-electron chi connectivity index (χ0n) is 11.0. The summed E-state index contributed by atoms with van der Waals surface area (Å²) >= 11 is 0. The van der Waals surface area contributed by atoms with Gasteiger partial charge in [0.2, 0.25) is 0 Å². The third kappa shape index (κ3) is 4.46. The summed E-state index contributed by atoms with van der Waals surface area (Å²) in [5, 5.41) is 4.02. The molecule has 1 fully saturated rings. The second kappa shape index (κ2) is 5.95. The van der Waals surface area contributed by atoms with Crippen molar-refractivity contribution >= 4 is 11.9 Å². The van der Waals surface area contributed by atoms with Crippen LogP contribution in [0.2, 0.25) is 0 Å². The first-order valence-electron chi connectivity index (χ1n) is 6.06. The maximum Gasteiger partial charge on any atom is 0.163 e. The molecular weight excluding hydrogens is 247 g/mol. The average molecular weight is 264 g/mol. The van der Waals surface area contributed by atoms with E-state index in [1.54, 1.807) is 18.3 Å². The highest BCUT2D eigenvalue weighted by molar-refractivity contribution is 5.73. The molecule has 1 aromatic carbocycles. The molecule has 1 heterocycles. The zero-order chi connectivity index (χ0) is 13.7. The maximum absolute atomic E-state index is 12.7. The van der Waals surface area contributed by atoms with Crippen LogP contribution >= 0.6 is 0 Å². The first-order valence-corrected chi connectivity index (χ1v) is 6.06. The van der Waals surface area contributed by atoms with Crippen molar-refractivity contribution in [3.63, 3.8) is 0 Å². The van der Waals surface area contributed by atoms with Crippen molar-refractivity contribution in [2.24, 2.45) is 5.10 Å². The molecule has 1 N–H and O–H groups in total. The van der Waals surface area contributed by atoms with Gasteiger partial charge in [0.05, 0.1) is 18.9 Å². The highest BCUT2D eigenvalue weighted by Crippen LogP contribution is 2.19. The van der Waals surface area contributed by atoms with E-state index in [1.165, 1.54) is 12.1 Å². The normalized spacial score (nSPS) is 18.6. The third-order valence-electron chi connectivity index (χ3n) is 2.63. The molecule has 0 aromatic heterocycles. The minimum Gasteiger partial charge on any atom is -0.346 e. The Morgan fingerprint density at radius 2 is 1.84 bits per heavy atom. The quantitative estimate of drug-likeness (QED) is 0.674. The highest BCUT2D eigenvalue weighted by Gasteiger charge is 2.24. The van der Waals surface area contributed by atoms with Crippen LogP contribution < -0.4 is 5.43 Å². The molecular formula is C14H17FN2O2. The lowest BCUT2D eigenvalue weighted by atomic mass is 10.2. The number of hydrazone groups is 1. The summed E-state index contributed by atoms with van der Waals surface area (Å²) in [5.74, 6) is -0.781. The molecule has 1 aromatic rings. The van der Waals surface area contributed by atoms with Crippen LogP contribution in [0.4, 0.5) is 10.1 Å². The molecule has 0 bridgehead atoms. The molecule has 4 nitrogen and oxygen atoms in total. The van der Waals surface area contributed by atoms with Crippen molar-refractivity contribution in [1.29, 1.82) is 0 Å². The largest absolute Gasteiger partial charge is 0.346 e. The molecule has 0 aliphatic carbocycles. The van der Waals surface area contributed by atoms with Gasteiger partial charge in [0.25, 0.3) is 0 Å². The molecule has 102 valence electrons. The van der Waals surface area contributed by atoms with Gasteiger partial charge >= 0.3 is 0 Å². The van der Waals surface area contributed by atoms with E-state index in [0.717, 1.165) is 11.3 Å². The molecule has 5 heteroatoms. The van der Waals surface area contributed by atoms with Crippen molar-refractivity contribution in [1.82, 2.24) is 0 Å². The van der Waals surface area contributed by atoms with E-state index >= 15 is 0 Å². The Morgan fingerprint density at radius 1 is 1.21 bits per heavy atom. The Balaban J connectivity index is 1.82. The molecule has 0 atom stereocenters. The van der Waals surface area contributed by atoms with E-state index in [-0.39, 0.29) is 5.82 Å². The first kappa shape index (κ1) is 13.7. The van der Waals surface area contributed by atoms with Gasteiger partial charge in [-0.1, -0.05) is 0 Å². The van der Waals surface area contributed by atoms with Crippen LogP contribution in [0, 0.1) is 5.82 Å². The molecule has 19 heavy (non-hydrogen) atoms. The number of anilines is 1. The Labute approximate surface area is 111 Å².